The van der Waals surface area contributed by atoms with Crippen LogP contribution in [-0.2, 0) is 0 Å². The SMILES string of the molecule is CCNC(=NCC(O)c1ccc(F)cc1)N1CCN(c2cccc(OC)c2)CC1. The number of anilines is 1. The first kappa shape index (κ1) is 20.9. The van der Waals surface area contributed by atoms with Crippen molar-refractivity contribution >= 4 is 11.6 Å². The van der Waals surface area contributed by atoms with Gasteiger partial charge in [-0.2, -0.15) is 0 Å². The number of ether oxygens (including phenoxy) is 1. The third-order valence-corrected chi connectivity index (χ3v) is 5.00. The zero-order chi connectivity index (χ0) is 20.6. The standard InChI is InChI=1S/C22H29FN4O2/c1-3-24-22(25-16-21(28)17-7-9-18(23)10-8-17)27-13-11-26(12-14-27)19-5-4-6-20(15-19)29-2/h4-10,15,21,28H,3,11-14,16H2,1-2H3,(H,24,25). The van der Waals surface area contributed by atoms with Crippen LogP contribution in [0.25, 0.3) is 0 Å². The molecule has 1 aliphatic rings. The number of nitrogens with zero attached hydrogens (tertiary/aromatic N) is 3. The molecule has 1 heterocycles. The summed E-state index contributed by atoms with van der Waals surface area (Å²) in [6.45, 7) is 6.41. The maximum Gasteiger partial charge on any atom is 0.194 e. The van der Waals surface area contributed by atoms with Gasteiger partial charge in [0.25, 0.3) is 0 Å². The van der Waals surface area contributed by atoms with Crippen molar-refractivity contribution in [3.05, 3.63) is 59.9 Å². The van der Waals surface area contributed by atoms with Crippen molar-refractivity contribution < 1.29 is 14.2 Å². The van der Waals surface area contributed by atoms with Gasteiger partial charge in [0.05, 0.1) is 19.8 Å². The summed E-state index contributed by atoms with van der Waals surface area (Å²) >= 11 is 0. The number of hydrogen-bond donors (Lipinski definition) is 2. The van der Waals surface area contributed by atoms with Gasteiger partial charge in [0.2, 0.25) is 0 Å². The Morgan fingerprint density at radius 2 is 1.90 bits per heavy atom. The molecule has 0 amide bonds. The van der Waals surface area contributed by atoms with Crippen molar-refractivity contribution in [2.24, 2.45) is 4.99 Å². The fourth-order valence-corrected chi connectivity index (χ4v) is 3.37. The topological polar surface area (TPSA) is 60.3 Å². The van der Waals surface area contributed by atoms with Gasteiger partial charge in [0.15, 0.2) is 5.96 Å². The molecule has 1 atom stereocenters. The number of hydrogen-bond acceptors (Lipinski definition) is 4. The lowest BCUT2D eigenvalue weighted by Crippen LogP contribution is -2.52. The van der Waals surface area contributed by atoms with Gasteiger partial charge in [0.1, 0.15) is 11.6 Å². The molecule has 1 saturated heterocycles. The Morgan fingerprint density at radius 3 is 2.55 bits per heavy atom. The van der Waals surface area contributed by atoms with Crippen molar-refractivity contribution in [3.8, 4) is 5.75 Å². The first-order valence-electron chi connectivity index (χ1n) is 9.96. The number of aliphatic hydroxyl groups excluding tert-OH is 1. The Bertz CT molecular complexity index is 805. The van der Waals surface area contributed by atoms with E-state index in [9.17, 15) is 9.50 Å². The van der Waals surface area contributed by atoms with Gasteiger partial charge in [-0.25, -0.2) is 4.39 Å². The summed E-state index contributed by atoms with van der Waals surface area (Å²) in [4.78, 5) is 9.15. The molecule has 0 aliphatic carbocycles. The molecule has 1 fully saturated rings. The molecule has 0 aromatic heterocycles. The number of halogens is 1. The van der Waals surface area contributed by atoms with Crippen molar-refractivity contribution in [2.45, 2.75) is 13.0 Å². The van der Waals surface area contributed by atoms with Crippen molar-refractivity contribution in [3.63, 3.8) is 0 Å². The third-order valence-electron chi connectivity index (χ3n) is 5.00. The van der Waals surface area contributed by atoms with E-state index in [1.165, 1.54) is 12.1 Å². The number of piperazine rings is 1. The smallest absolute Gasteiger partial charge is 0.194 e. The minimum atomic E-state index is -0.762. The molecule has 3 rings (SSSR count). The average Bonchev–Trinajstić information content (AvgIpc) is 2.77. The number of guanidine groups is 1. The minimum Gasteiger partial charge on any atom is -0.497 e. The van der Waals surface area contributed by atoms with E-state index in [2.05, 4.69) is 26.2 Å². The van der Waals surface area contributed by atoms with E-state index in [1.807, 2.05) is 25.1 Å². The zero-order valence-electron chi connectivity index (χ0n) is 17.0. The highest BCUT2D eigenvalue weighted by Gasteiger charge is 2.20. The molecular weight excluding hydrogens is 371 g/mol. The predicted octanol–water partition coefficient (Wildman–Crippen LogP) is 2.66. The van der Waals surface area contributed by atoms with Crippen molar-refractivity contribution in [2.75, 3.05) is 51.3 Å². The molecule has 2 aromatic rings. The highest BCUT2D eigenvalue weighted by atomic mass is 19.1. The first-order chi connectivity index (χ1) is 14.1. The molecule has 1 unspecified atom stereocenters. The van der Waals surface area contributed by atoms with Gasteiger partial charge < -0.3 is 25.0 Å². The summed E-state index contributed by atoms with van der Waals surface area (Å²) in [6, 6.07) is 14.0. The Morgan fingerprint density at radius 1 is 1.17 bits per heavy atom. The second-order valence-electron chi connectivity index (χ2n) is 6.94. The number of nitrogens with one attached hydrogen (secondary N) is 1. The summed E-state index contributed by atoms with van der Waals surface area (Å²) < 4.78 is 18.4. The minimum absolute atomic E-state index is 0.226. The molecule has 7 heteroatoms. The maximum absolute atomic E-state index is 13.1. The highest BCUT2D eigenvalue weighted by Crippen LogP contribution is 2.22. The summed E-state index contributed by atoms with van der Waals surface area (Å²) in [7, 11) is 1.68. The van der Waals surface area contributed by atoms with Gasteiger partial charge >= 0.3 is 0 Å². The molecule has 0 spiro atoms. The molecule has 29 heavy (non-hydrogen) atoms. The number of aliphatic hydroxyl groups is 1. The predicted molar refractivity (Wildman–Crippen MR) is 114 cm³/mol. The quantitative estimate of drug-likeness (QED) is 0.577. The second kappa shape index (κ2) is 10.1. The second-order valence-corrected chi connectivity index (χ2v) is 6.94. The van der Waals surface area contributed by atoms with Gasteiger partial charge in [-0.15, -0.1) is 0 Å². The summed E-state index contributed by atoms with van der Waals surface area (Å²) in [6.07, 6.45) is -0.762. The van der Waals surface area contributed by atoms with Crippen molar-refractivity contribution in [1.82, 2.24) is 10.2 Å². The lowest BCUT2D eigenvalue weighted by Gasteiger charge is -2.37. The molecule has 1 aliphatic heterocycles. The Hall–Kier alpha value is -2.80. The van der Waals surface area contributed by atoms with Crippen LogP contribution < -0.4 is 15.0 Å². The number of benzene rings is 2. The summed E-state index contributed by atoms with van der Waals surface area (Å²) in [5.74, 6) is 1.33. The third kappa shape index (κ3) is 5.60. The molecular formula is C22H29FN4O2. The molecule has 0 radical (unpaired) electrons. The van der Waals surface area contributed by atoms with Gasteiger partial charge in [0, 0.05) is 44.5 Å². The van der Waals surface area contributed by atoms with Crippen LogP contribution in [0.1, 0.15) is 18.6 Å². The van der Waals surface area contributed by atoms with E-state index in [4.69, 9.17) is 4.74 Å². The van der Waals surface area contributed by atoms with E-state index in [0.29, 0.717) is 5.56 Å². The monoisotopic (exact) mass is 400 g/mol. The lowest BCUT2D eigenvalue weighted by atomic mass is 10.1. The normalized spacial score (nSPS) is 15.9. The van der Waals surface area contributed by atoms with Crippen LogP contribution in [0.4, 0.5) is 10.1 Å². The fourth-order valence-electron chi connectivity index (χ4n) is 3.37. The summed E-state index contributed by atoms with van der Waals surface area (Å²) in [5.41, 5.74) is 1.81. The fraction of sp³-hybridized carbons (Fsp3) is 0.409. The number of aliphatic imine (C=N–C) groups is 1. The van der Waals surface area contributed by atoms with Crippen LogP contribution in [0.3, 0.4) is 0 Å². The van der Waals surface area contributed by atoms with E-state index in [1.54, 1.807) is 19.2 Å². The van der Waals surface area contributed by atoms with Crippen LogP contribution in [0.5, 0.6) is 5.75 Å². The zero-order valence-corrected chi connectivity index (χ0v) is 17.0. The molecule has 0 saturated carbocycles. The van der Waals surface area contributed by atoms with Crippen LogP contribution in [0.15, 0.2) is 53.5 Å². The van der Waals surface area contributed by atoms with Crippen LogP contribution in [-0.4, -0.2) is 62.3 Å². The molecule has 156 valence electrons. The molecule has 2 aromatic carbocycles. The van der Waals surface area contributed by atoms with Gasteiger partial charge in [-0.1, -0.05) is 18.2 Å². The Labute approximate surface area is 171 Å². The first-order valence-corrected chi connectivity index (χ1v) is 9.96. The van der Waals surface area contributed by atoms with E-state index >= 15 is 0 Å². The largest absolute Gasteiger partial charge is 0.497 e. The van der Waals surface area contributed by atoms with E-state index in [0.717, 1.165) is 50.1 Å². The molecule has 2 N–H and O–H groups in total. The average molecular weight is 400 g/mol. The summed E-state index contributed by atoms with van der Waals surface area (Å²) in [5, 5.41) is 13.7. The number of rotatable bonds is 6. The van der Waals surface area contributed by atoms with Crippen LogP contribution in [0.2, 0.25) is 0 Å². The Kier molecular flexibility index (Phi) is 7.30. The number of methoxy groups -OCH3 is 1. The van der Waals surface area contributed by atoms with Gasteiger partial charge in [-0.05, 0) is 36.8 Å². The van der Waals surface area contributed by atoms with Crippen LogP contribution >= 0.6 is 0 Å². The van der Waals surface area contributed by atoms with E-state index in [-0.39, 0.29) is 12.4 Å². The van der Waals surface area contributed by atoms with Crippen LogP contribution in [0, 0.1) is 5.82 Å². The Balaban J connectivity index is 1.61. The molecule has 6 nitrogen and oxygen atoms in total. The lowest BCUT2D eigenvalue weighted by molar-refractivity contribution is 0.186. The molecule has 0 bridgehead atoms. The maximum atomic E-state index is 13.1. The van der Waals surface area contributed by atoms with E-state index < -0.39 is 6.10 Å². The van der Waals surface area contributed by atoms with Gasteiger partial charge in [-0.3, -0.25) is 4.99 Å². The van der Waals surface area contributed by atoms with Crippen molar-refractivity contribution in [1.29, 1.82) is 0 Å². The highest BCUT2D eigenvalue weighted by molar-refractivity contribution is 5.80.